The van der Waals surface area contributed by atoms with Crippen molar-refractivity contribution < 1.29 is 4.79 Å². The predicted octanol–water partition coefficient (Wildman–Crippen LogP) is 2.45. The number of pyridine rings is 1. The van der Waals surface area contributed by atoms with Crippen LogP contribution in [0.5, 0.6) is 0 Å². The summed E-state index contributed by atoms with van der Waals surface area (Å²) in [7, 11) is 0. The van der Waals surface area contributed by atoms with Crippen LogP contribution in [-0.4, -0.2) is 42.0 Å². The Morgan fingerprint density at radius 3 is 2.80 bits per heavy atom. The number of hydrogen-bond acceptors (Lipinski definition) is 3. The second-order valence-electron chi connectivity index (χ2n) is 6.82. The number of hydrogen-bond donors (Lipinski definition) is 2. The summed E-state index contributed by atoms with van der Waals surface area (Å²) in [4.78, 5) is 29.4. The van der Waals surface area contributed by atoms with Gasteiger partial charge >= 0.3 is 0 Å². The van der Waals surface area contributed by atoms with E-state index in [0.29, 0.717) is 24.9 Å². The fourth-order valence-corrected chi connectivity index (χ4v) is 3.43. The van der Waals surface area contributed by atoms with Crippen molar-refractivity contribution in [1.82, 2.24) is 15.2 Å². The zero-order valence-electron chi connectivity index (χ0n) is 14.7. The second-order valence-corrected chi connectivity index (χ2v) is 6.82. The van der Waals surface area contributed by atoms with E-state index in [2.05, 4.69) is 15.2 Å². The van der Waals surface area contributed by atoms with Gasteiger partial charge in [0, 0.05) is 24.0 Å². The molecule has 5 nitrogen and oxygen atoms in total. The molecule has 0 unspecified atom stereocenters. The van der Waals surface area contributed by atoms with Crippen LogP contribution in [0.2, 0.25) is 0 Å². The molecule has 1 aromatic carbocycles. The quantitative estimate of drug-likeness (QED) is 0.760. The first-order chi connectivity index (χ1) is 12.2. The summed E-state index contributed by atoms with van der Waals surface area (Å²) in [6.45, 7) is 4.16. The van der Waals surface area contributed by atoms with E-state index in [0.717, 1.165) is 23.9 Å². The van der Waals surface area contributed by atoms with Crippen LogP contribution in [0.1, 0.15) is 37.7 Å². The zero-order chi connectivity index (χ0) is 17.5. The number of nitrogens with one attached hydrogen (secondary N) is 2. The highest BCUT2D eigenvalue weighted by Crippen LogP contribution is 2.11. The minimum absolute atomic E-state index is 0.0196. The highest BCUT2D eigenvalue weighted by Gasteiger charge is 2.10. The maximum absolute atomic E-state index is 12.1. The van der Waals surface area contributed by atoms with Gasteiger partial charge in [-0.05, 0) is 62.8 Å². The van der Waals surface area contributed by atoms with Crippen LogP contribution < -0.4 is 10.9 Å². The number of aryl methyl sites for hydroxylation is 1. The van der Waals surface area contributed by atoms with Crippen molar-refractivity contribution in [2.45, 2.75) is 38.5 Å². The molecule has 1 saturated heterocycles. The summed E-state index contributed by atoms with van der Waals surface area (Å²) in [5.74, 6) is 0.0196. The summed E-state index contributed by atoms with van der Waals surface area (Å²) in [5, 5.41) is 3.97. The largest absolute Gasteiger partial charge is 0.356 e. The lowest BCUT2D eigenvalue weighted by Gasteiger charge is -2.26. The van der Waals surface area contributed by atoms with Crippen LogP contribution in [0.15, 0.2) is 35.1 Å². The van der Waals surface area contributed by atoms with E-state index in [-0.39, 0.29) is 11.5 Å². The summed E-state index contributed by atoms with van der Waals surface area (Å²) >= 11 is 0. The third-order valence-corrected chi connectivity index (χ3v) is 4.87. The highest BCUT2D eigenvalue weighted by atomic mass is 16.1. The Morgan fingerprint density at radius 1 is 1.16 bits per heavy atom. The number of fused-ring (bicyclic) bond motifs is 1. The fraction of sp³-hybridized carbons (Fsp3) is 0.500. The van der Waals surface area contributed by atoms with Gasteiger partial charge in [0.1, 0.15) is 0 Å². The normalized spacial score (nSPS) is 15.4. The van der Waals surface area contributed by atoms with E-state index < -0.39 is 0 Å². The highest BCUT2D eigenvalue weighted by molar-refractivity contribution is 5.79. The zero-order valence-corrected chi connectivity index (χ0v) is 14.7. The first-order valence-electron chi connectivity index (χ1n) is 9.32. The smallest absolute Gasteiger partial charge is 0.251 e. The number of piperidine rings is 1. The molecule has 1 fully saturated rings. The molecular formula is C20H27N3O2. The van der Waals surface area contributed by atoms with Crippen molar-refractivity contribution in [2.75, 3.05) is 26.2 Å². The number of aromatic amines is 1. The molecule has 0 atom stereocenters. The molecule has 0 spiro atoms. The Balaban J connectivity index is 1.41. The van der Waals surface area contributed by atoms with Gasteiger partial charge in [0.2, 0.25) is 5.91 Å². The van der Waals surface area contributed by atoms with Crippen LogP contribution in [0.25, 0.3) is 10.9 Å². The van der Waals surface area contributed by atoms with Gasteiger partial charge < -0.3 is 15.2 Å². The monoisotopic (exact) mass is 341 g/mol. The van der Waals surface area contributed by atoms with Gasteiger partial charge in [-0.25, -0.2) is 0 Å². The topological polar surface area (TPSA) is 65.2 Å². The van der Waals surface area contributed by atoms with Crippen molar-refractivity contribution in [3.05, 3.63) is 46.2 Å². The minimum Gasteiger partial charge on any atom is -0.356 e. The van der Waals surface area contributed by atoms with Gasteiger partial charge in [0.05, 0.1) is 0 Å². The SMILES string of the molecule is O=C(CCc1cc2ccccc2[nH]c1=O)NCCCN1CCCCC1. The van der Waals surface area contributed by atoms with Crippen molar-refractivity contribution >= 4 is 16.8 Å². The number of carbonyl (C=O) groups excluding carboxylic acids is 1. The molecule has 0 bridgehead atoms. The third-order valence-electron chi connectivity index (χ3n) is 4.87. The molecule has 0 aliphatic carbocycles. The van der Waals surface area contributed by atoms with Gasteiger partial charge in [0.15, 0.2) is 0 Å². The molecule has 134 valence electrons. The summed E-state index contributed by atoms with van der Waals surface area (Å²) in [6, 6.07) is 9.58. The molecule has 3 rings (SSSR count). The van der Waals surface area contributed by atoms with Crippen LogP contribution in [0.3, 0.4) is 0 Å². The number of para-hydroxylation sites is 1. The maximum Gasteiger partial charge on any atom is 0.251 e. The van der Waals surface area contributed by atoms with Gasteiger partial charge in [0.25, 0.3) is 5.56 Å². The van der Waals surface area contributed by atoms with Gasteiger partial charge in [-0.2, -0.15) is 0 Å². The molecule has 1 aliphatic rings. The number of benzene rings is 1. The maximum atomic E-state index is 12.1. The van der Waals surface area contributed by atoms with Crippen LogP contribution in [0.4, 0.5) is 0 Å². The predicted molar refractivity (Wildman–Crippen MR) is 101 cm³/mol. The molecule has 25 heavy (non-hydrogen) atoms. The molecule has 0 saturated carbocycles. The van der Waals surface area contributed by atoms with Crippen molar-refractivity contribution in [2.24, 2.45) is 0 Å². The lowest BCUT2D eigenvalue weighted by molar-refractivity contribution is -0.121. The Kier molecular flexibility index (Phi) is 6.23. The average molecular weight is 341 g/mol. The van der Waals surface area contributed by atoms with Crippen molar-refractivity contribution in [3.8, 4) is 0 Å². The lowest BCUT2D eigenvalue weighted by Crippen LogP contribution is -2.33. The molecule has 0 radical (unpaired) electrons. The van der Waals surface area contributed by atoms with Gasteiger partial charge in [-0.1, -0.05) is 24.6 Å². The number of nitrogens with zero attached hydrogens (tertiary/aromatic N) is 1. The number of rotatable bonds is 7. The van der Waals surface area contributed by atoms with Crippen LogP contribution in [0, 0.1) is 0 Å². The lowest BCUT2D eigenvalue weighted by atomic mass is 10.1. The van der Waals surface area contributed by atoms with E-state index in [4.69, 9.17) is 0 Å². The number of aromatic nitrogens is 1. The third kappa shape index (κ3) is 5.16. The van der Waals surface area contributed by atoms with E-state index in [1.165, 1.54) is 32.4 Å². The Labute approximate surface area is 148 Å². The van der Waals surface area contributed by atoms with Gasteiger partial charge in [-0.3, -0.25) is 9.59 Å². The minimum atomic E-state index is -0.100. The molecule has 2 heterocycles. The van der Waals surface area contributed by atoms with Crippen LogP contribution in [-0.2, 0) is 11.2 Å². The standard InChI is InChI=1S/C20H27N3O2/c24-19(21-11-6-14-23-12-4-1-5-13-23)10-9-17-15-16-7-2-3-8-18(16)22-20(17)25/h2-3,7-8,15H,1,4-6,9-14H2,(H,21,24)(H,22,25). The van der Waals surface area contributed by atoms with E-state index in [1.54, 1.807) is 0 Å². The second kappa shape index (κ2) is 8.81. The molecule has 1 aliphatic heterocycles. The van der Waals surface area contributed by atoms with E-state index >= 15 is 0 Å². The molecule has 1 aromatic heterocycles. The summed E-state index contributed by atoms with van der Waals surface area (Å²) in [5.41, 5.74) is 1.40. The molecule has 1 amide bonds. The number of H-pyrrole nitrogens is 1. The number of likely N-dealkylation sites (tertiary alicyclic amines) is 1. The molecule has 5 heteroatoms. The first-order valence-corrected chi connectivity index (χ1v) is 9.32. The molecular weight excluding hydrogens is 314 g/mol. The first kappa shape index (κ1) is 17.7. The summed E-state index contributed by atoms with van der Waals surface area (Å²) < 4.78 is 0. The van der Waals surface area contributed by atoms with E-state index in [1.807, 2.05) is 30.3 Å². The van der Waals surface area contributed by atoms with Crippen molar-refractivity contribution in [3.63, 3.8) is 0 Å². The Hall–Kier alpha value is -2.14. The van der Waals surface area contributed by atoms with Gasteiger partial charge in [-0.15, -0.1) is 0 Å². The van der Waals surface area contributed by atoms with Crippen molar-refractivity contribution in [1.29, 1.82) is 0 Å². The molecule has 2 aromatic rings. The van der Waals surface area contributed by atoms with E-state index in [9.17, 15) is 9.59 Å². The number of amides is 1. The van der Waals surface area contributed by atoms with Crippen LogP contribution >= 0.6 is 0 Å². The average Bonchev–Trinajstić information content (AvgIpc) is 2.64. The molecule has 2 N–H and O–H groups in total. The number of carbonyl (C=O) groups is 1. The fourth-order valence-electron chi connectivity index (χ4n) is 3.43. The Morgan fingerprint density at radius 2 is 1.96 bits per heavy atom. The Bertz CT molecular complexity index is 763. The summed E-state index contributed by atoms with van der Waals surface area (Å²) in [6.07, 6.45) is 5.76.